The van der Waals surface area contributed by atoms with Gasteiger partial charge in [0.05, 0.1) is 0 Å². The maximum absolute atomic E-state index is 4.40. The van der Waals surface area contributed by atoms with Crippen molar-refractivity contribution in [1.29, 1.82) is 0 Å². The summed E-state index contributed by atoms with van der Waals surface area (Å²) < 4.78 is 0. The summed E-state index contributed by atoms with van der Waals surface area (Å²) in [6.07, 6.45) is 5.43. The topological polar surface area (TPSA) is 50.7 Å². The molecular formula is C11H14N4S. The lowest BCUT2D eigenvalue weighted by Crippen LogP contribution is -2.18. The summed E-state index contributed by atoms with van der Waals surface area (Å²) in [5.74, 6) is 1.91. The molecule has 1 N–H and O–H groups in total. The molecular weight excluding hydrogens is 220 g/mol. The molecule has 0 radical (unpaired) electrons. The van der Waals surface area contributed by atoms with Gasteiger partial charge in [0.1, 0.15) is 11.3 Å². The summed E-state index contributed by atoms with van der Waals surface area (Å²) in [4.78, 5) is 12.8. The first-order valence-electron chi connectivity index (χ1n) is 5.13. The average molecular weight is 234 g/mol. The predicted molar refractivity (Wildman–Crippen MR) is 68.8 cm³/mol. The summed E-state index contributed by atoms with van der Waals surface area (Å²) in [7, 11) is 0. The van der Waals surface area contributed by atoms with E-state index in [4.69, 9.17) is 0 Å². The fraction of sp³-hybridized carbons (Fsp3) is 0.364. The molecule has 2 rings (SSSR count). The largest absolute Gasteiger partial charge is 0.367 e. The second-order valence-corrected chi connectivity index (χ2v) is 4.51. The standard InChI is InChI=1S/C11H14N4S/c1-8(7-16-2)14-10-4-3-9-11(15-10)13-6-5-12-9/h3-6,8H,7H2,1-2H3,(H,13,14,15). The molecule has 0 aliphatic carbocycles. The van der Waals surface area contributed by atoms with E-state index in [9.17, 15) is 0 Å². The molecule has 84 valence electrons. The van der Waals surface area contributed by atoms with Gasteiger partial charge in [-0.1, -0.05) is 0 Å². The van der Waals surface area contributed by atoms with Crippen molar-refractivity contribution >= 4 is 28.7 Å². The van der Waals surface area contributed by atoms with E-state index in [2.05, 4.69) is 33.4 Å². The lowest BCUT2D eigenvalue weighted by molar-refractivity contribution is 0.904. The number of nitrogens with zero attached hydrogens (tertiary/aromatic N) is 3. The van der Waals surface area contributed by atoms with Crippen molar-refractivity contribution in [2.75, 3.05) is 17.3 Å². The number of nitrogens with one attached hydrogen (secondary N) is 1. The van der Waals surface area contributed by atoms with Crippen molar-refractivity contribution < 1.29 is 0 Å². The lowest BCUT2D eigenvalue weighted by atomic mass is 10.3. The normalized spacial score (nSPS) is 12.6. The third kappa shape index (κ3) is 2.61. The van der Waals surface area contributed by atoms with Crippen LogP contribution in [-0.2, 0) is 0 Å². The van der Waals surface area contributed by atoms with Gasteiger partial charge in [0.15, 0.2) is 5.65 Å². The van der Waals surface area contributed by atoms with E-state index in [1.165, 1.54) is 0 Å². The van der Waals surface area contributed by atoms with Crippen LogP contribution < -0.4 is 5.32 Å². The number of rotatable bonds is 4. The first kappa shape index (κ1) is 11.1. The van der Waals surface area contributed by atoms with E-state index < -0.39 is 0 Å². The highest BCUT2D eigenvalue weighted by Gasteiger charge is 2.03. The summed E-state index contributed by atoms with van der Waals surface area (Å²) in [6.45, 7) is 2.14. The molecule has 0 saturated heterocycles. The number of anilines is 1. The molecule has 0 aromatic carbocycles. The van der Waals surface area contributed by atoms with Gasteiger partial charge >= 0.3 is 0 Å². The van der Waals surface area contributed by atoms with E-state index in [0.29, 0.717) is 11.7 Å². The van der Waals surface area contributed by atoms with Gasteiger partial charge < -0.3 is 5.32 Å². The molecule has 0 amide bonds. The molecule has 0 spiro atoms. The van der Waals surface area contributed by atoms with Crippen LogP contribution in [-0.4, -0.2) is 33.0 Å². The van der Waals surface area contributed by atoms with Crippen molar-refractivity contribution in [2.24, 2.45) is 0 Å². The zero-order valence-electron chi connectivity index (χ0n) is 9.34. The van der Waals surface area contributed by atoms with Crippen molar-refractivity contribution in [3.8, 4) is 0 Å². The van der Waals surface area contributed by atoms with Crippen LogP contribution in [0.3, 0.4) is 0 Å². The van der Waals surface area contributed by atoms with E-state index in [1.54, 1.807) is 12.4 Å². The first-order valence-corrected chi connectivity index (χ1v) is 6.52. The minimum Gasteiger partial charge on any atom is -0.367 e. The Labute approximate surface area is 98.9 Å². The Morgan fingerprint density at radius 1 is 1.31 bits per heavy atom. The maximum Gasteiger partial charge on any atom is 0.180 e. The molecule has 0 fully saturated rings. The molecule has 0 saturated carbocycles. The van der Waals surface area contributed by atoms with E-state index in [1.807, 2.05) is 23.9 Å². The molecule has 5 heteroatoms. The number of aromatic nitrogens is 3. The minimum absolute atomic E-state index is 0.400. The zero-order valence-corrected chi connectivity index (χ0v) is 10.2. The summed E-state index contributed by atoms with van der Waals surface area (Å²) in [6, 6.07) is 4.27. The quantitative estimate of drug-likeness (QED) is 0.878. The molecule has 2 aromatic heterocycles. The number of fused-ring (bicyclic) bond motifs is 1. The van der Waals surface area contributed by atoms with Crippen molar-refractivity contribution in [2.45, 2.75) is 13.0 Å². The van der Waals surface area contributed by atoms with Crippen LogP contribution in [0.2, 0.25) is 0 Å². The van der Waals surface area contributed by atoms with E-state index in [0.717, 1.165) is 17.1 Å². The number of hydrogen-bond donors (Lipinski definition) is 1. The Balaban J connectivity index is 2.19. The fourth-order valence-corrected chi connectivity index (χ4v) is 2.06. The van der Waals surface area contributed by atoms with Crippen LogP contribution >= 0.6 is 11.8 Å². The Bertz CT molecular complexity index is 474. The summed E-state index contributed by atoms with van der Waals surface area (Å²) in [5.41, 5.74) is 1.51. The van der Waals surface area contributed by atoms with E-state index >= 15 is 0 Å². The van der Waals surface area contributed by atoms with Crippen LogP contribution in [0.1, 0.15) is 6.92 Å². The lowest BCUT2D eigenvalue weighted by Gasteiger charge is -2.12. The molecule has 0 bridgehead atoms. The second kappa shape index (κ2) is 5.12. The molecule has 4 nitrogen and oxygen atoms in total. The average Bonchev–Trinajstić information content (AvgIpc) is 2.29. The Morgan fingerprint density at radius 2 is 2.12 bits per heavy atom. The SMILES string of the molecule is CSCC(C)Nc1ccc2nccnc2n1. The summed E-state index contributed by atoms with van der Waals surface area (Å²) in [5, 5.41) is 3.34. The van der Waals surface area contributed by atoms with Crippen LogP contribution in [0, 0.1) is 0 Å². The maximum atomic E-state index is 4.40. The highest BCUT2D eigenvalue weighted by molar-refractivity contribution is 7.98. The Hall–Kier alpha value is -1.36. The van der Waals surface area contributed by atoms with Gasteiger partial charge in [-0.15, -0.1) is 0 Å². The van der Waals surface area contributed by atoms with Gasteiger partial charge in [0, 0.05) is 24.2 Å². The molecule has 1 unspecified atom stereocenters. The third-order valence-electron chi connectivity index (χ3n) is 2.14. The van der Waals surface area contributed by atoms with Gasteiger partial charge in [-0.05, 0) is 25.3 Å². The van der Waals surface area contributed by atoms with Gasteiger partial charge in [0.25, 0.3) is 0 Å². The molecule has 16 heavy (non-hydrogen) atoms. The monoisotopic (exact) mass is 234 g/mol. The summed E-state index contributed by atoms with van der Waals surface area (Å²) >= 11 is 1.81. The molecule has 0 aliphatic heterocycles. The van der Waals surface area contributed by atoms with Gasteiger partial charge in [-0.2, -0.15) is 11.8 Å². The van der Waals surface area contributed by atoms with Crippen molar-refractivity contribution in [3.05, 3.63) is 24.5 Å². The molecule has 1 atom stereocenters. The van der Waals surface area contributed by atoms with Crippen LogP contribution in [0.4, 0.5) is 5.82 Å². The highest BCUT2D eigenvalue weighted by atomic mass is 32.2. The van der Waals surface area contributed by atoms with Gasteiger partial charge in [0.2, 0.25) is 0 Å². The highest BCUT2D eigenvalue weighted by Crippen LogP contribution is 2.11. The van der Waals surface area contributed by atoms with Crippen LogP contribution in [0.5, 0.6) is 0 Å². The zero-order chi connectivity index (χ0) is 11.4. The molecule has 2 aromatic rings. The number of pyridine rings is 1. The number of hydrogen-bond acceptors (Lipinski definition) is 5. The van der Waals surface area contributed by atoms with Crippen LogP contribution in [0.25, 0.3) is 11.2 Å². The number of thioether (sulfide) groups is 1. The Morgan fingerprint density at radius 3 is 2.94 bits per heavy atom. The molecule has 0 aliphatic rings. The van der Waals surface area contributed by atoms with Crippen molar-refractivity contribution in [3.63, 3.8) is 0 Å². The predicted octanol–water partition coefficient (Wildman–Crippen LogP) is 2.19. The smallest absolute Gasteiger partial charge is 0.180 e. The van der Waals surface area contributed by atoms with Gasteiger partial charge in [-0.3, -0.25) is 4.98 Å². The van der Waals surface area contributed by atoms with E-state index in [-0.39, 0.29) is 0 Å². The van der Waals surface area contributed by atoms with Crippen molar-refractivity contribution in [1.82, 2.24) is 15.0 Å². The Kier molecular flexibility index (Phi) is 3.56. The molecule has 2 heterocycles. The second-order valence-electron chi connectivity index (χ2n) is 3.60. The minimum atomic E-state index is 0.400. The fourth-order valence-electron chi connectivity index (χ4n) is 1.48. The van der Waals surface area contributed by atoms with Crippen LogP contribution in [0.15, 0.2) is 24.5 Å². The van der Waals surface area contributed by atoms with Gasteiger partial charge in [-0.25, -0.2) is 9.97 Å². The first-order chi connectivity index (χ1) is 7.79. The third-order valence-corrected chi connectivity index (χ3v) is 2.98.